The number of amides is 1. The van der Waals surface area contributed by atoms with Gasteiger partial charge in [-0.05, 0) is 85.3 Å². The van der Waals surface area contributed by atoms with Crippen LogP contribution in [0, 0.1) is 13.8 Å². The molecular weight excluding hydrogens is 400 g/mol. The van der Waals surface area contributed by atoms with Gasteiger partial charge in [-0.15, -0.1) is 0 Å². The molecule has 0 aliphatic rings. The van der Waals surface area contributed by atoms with E-state index in [-0.39, 0.29) is 12.5 Å². The first-order valence-electron chi connectivity index (χ1n) is 10.9. The topological polar surface area (TPSA) is 64.4 Å². The highest BCUT2D eigenvalue weighted by molar-refractivity contribution is 5.92. The van der Waals surface area contributed by atoms with Crippen LogP contribution in [0.15, 0.2) is 65.1 Å². The fraction of sp³-hybridized carbons (Fsp3) is 0.259. The third kappa shape index (κ3) is 4.83. The van der Waals surface area contributed by atoms with Crippen LogP contribution in [-0.4, -0.2) is 17.5 Å². The Morgan fingerprint density at radius 2 is 1.81 bits per heavy atom. The Morgan fingerprint density at radius 1 is 1.06 bits per heavy atom. The number of rotatable bonds is 7. The molecule has 4 aromatic rings. The summed E-state index contributed by atoms with van der Waals surface area (Å²) in [4.78, 5) is 17.0. The van der Waals surface area contributed by atoms with E-state index in [4.69, 9.17) is 9.15 Å². The summed E-state index contributed by atoms with van der Waals surface area (Å²) in [6.07, 6.45) is 1.09. The van der Waals surface area contributed by atoms with Crippen molar-refractivity contribution in [3.8, 4) is 17.2 Å². The summed E-state index contributed by atoms with van der Waals surface area (Å²) in [5.74, 6) is 1.49. The lowest BCUT2D eigenvalue weighted by molar-refractivity contribution is -0.118. The number of nitrogens with one attached hydrogen (secondary N) is 1. The van der Waals surface area contributed by atoms with E-state index < -0.39 is 0 Å². The van der Waals surface area contributed by atoms with Gasteiger partial charge in [0.25, 0.3) is 5.91 Å². The van der Waals surface area contributed by atoms with Gasteiger partial charge in [0.1, 0.15) is 11.3 Å². The molecule has 0 saturated carbocycles. The molecule has 0 aliphatic carbocycles. The monoisotopic (exact) mass is 428 g/mol. The van der Waals surface area contributed by atoms with Gasteiger partial charge in [0, 0.05) is 11.3 Å². The molecule has 1 atom stereocenters. The first kappa shape index (κ1) is 21.6. The van der Waals surface area contributed by atoms with Gasteiger partial charge >= 0.3 is 0 Å². The standard InChI is InChI=1S/C27H28N2O3/c1-5-17(2)20-9-11-23(12-10-20)31-16-26(30)28-22-8-6-7-21(15-22)27-29-24-13-18(3)19(4)14-25(24)32-27/h6-15,17H,5,16H2,1-4H3,(H,28,30). The number of hydrogen-bond acceptors (Lipinski definition) is 4. The highest BCUT2D eigenvalue weighted by Gasteiger charge is 2.11. The summed E-state index contributed by atoms with van der Waals surface area (Å²) in [5.41, 5.74) is 6.65. The molecule has 5 nitrogen and oxygen atoms in total. The summed E-state index contributed by atoms with van der Waals surface area (Å²) in [7, 11) is 0. The summed E-state index contributed by atoms with van der Waals surface area (Å²) in [6.45, 7) is 8.41. The van der Waals surface area contributed by atoms with Crippen molar-refractivity contribution in [2.45, 2.75) is 40.0 Å². The van der Waals surface area contributed by atoms with Crippen molar-refractivity contribution in [1.29, 1.82) is 0 Å². The van der Waals surface area contributed by atoms with Crippen molar-refractivity contribution >= 4 is 22.7 Å². The van der Waals surface area contributed by atoms with Gasteiger partial charge in [-0.25, -0.2) is 4.98 Å². The van der Waals surface area contributed by atoms with Crippen molar-refractivity contribution < 1.29 is 13.9 Å². The molecule has 164 valence electrons. The second kappa shape index (κ2) is 9.27. The van der Waals surface area contributed by atoms with Crippen LogP contribution in [0.3, 0.4) is 0 Å². The van der Waals surface area contributed by atoms with Crippen LogP contribution < -0.4 is 10.1 Å². The van der Waals surface area contributed by atoms with Crippen molar-refractivity contribution in [2.75, 3.05) is 11.9 Å². The smallest absolute Gasteiger partial charge is 0.262 e. The fourth-order valence-electron chi connectivity index (χ4n) is 3.51. The number of aryl methyl sites for hydroxylation is 2. The molecule has 4 rings (SSSR count). The third-order valence-corrected chi connectivity index (χ3v) is 5.83. The summed E-state index contributed by atoms with van der Waals surface area (Å²) in [6, 6.07) is 19.4. The van der Waals surface area contributed by atoms with Gasteiger partial charge in [0.15, 0.2) is 12.2 Å². The molecule has 0 aliphatic heterocycles. The highest BCUT2D eigenvalue weighted by atomic mass is 16.5. The Bertz CT molecular complexity index is 1200. The molecule has 32 heavy (non-hydrogen) atoms. The molecule has 1 unspecified atom stereocenters. The maximum atomic E-state index is 12.4. The molecule has 1 N–H and O–H groups in total. The van der Waals surface area contributed by atoms with Crippen LogP contribution >= 0.6 is 0 Å². The Balaban J connectivity index is 1.41. The van der Waals surface area contributed by atoms with E-state index in [2.05, 4.69) is 38.0 Å². The van der Waals surface area contributed by atoms with Crippen molar-refractivity contribution in [2.24, 2.45) is 0 Å². The quantitative estimate of drug-likeness (QED) is 0.358. The van der Waals surface area contributed by atoms with Crippen molar-refractivity contribution in [1.82, 2.24) is 4.98 Å². The summed E-state index contributed by atoms with van der Waals surface area (Å²) >= 11 is 0. The van der Waals surface area contributed by atoms with Crippen molar-refractivity contribution in [3.05, 3.63) is 77.4 Å². The zero-order valence-electron chi connectivity index (χ0n) is 18.9. The van der Waals surface area contributed by atoms with E-state index in [9.17, 15) is 4.79 Å². The van der Waals surface area contributed by atoms with Gasteiger partial charge in [-0.2, -0.15) is 0 Å². The van der Waals surface area contributed by atoms with Crippen LogP contribution in [0.4, 0.5) is 5.69 Å². The molecule has 1 amide bonds. The maximum absolute atomic E-state index is 12.4. The molecule has 1 heterocycles. The third-order valence-electron chi connectivity index (χ3n) is 5.83. The Kier molecular flexibility index (Phi) is 6.26. The van der Waals surface area contributed by atoms with E-state index >= 15 is 0 Å². The second-order valence-electron chi connectivity index (χ2n) is 8.22. The van der Waals surface area contributed by atoms with E-state index in [1.54, 1.807) is 0 Å². The molecule has 5 heteroatoms. The van der Waals surface area contributed by atoms with Gasteiger partial charge in [-0.1, -0.05) is 32.0 Å². The number of hydrogen-bond donors (Lipinski definition) is 1. The number of nitrogens with zero attached hydrogens (tertiary/aromatic N) is 1. The predicted molar refractivity (Wildman–Crippen MR) is 128 cm³/mol. The van der Waals surface area contributed by atoms with E-state index in [0.717, 1.165) is 28.6 Å². The minimum absolute atomic E-state index is 0.0612. The number of ether oxygens (including phenoxy) is 1. The first-order valence-corrected chi connectivity index (χ1v) is 10.9. The highest BCUT2D eigenvalue weighted by Crippen LogP contribution is 2.28. The Hall–Kier alpha value is -3.60. The van der Waals surface area contributed by atoms with Gasteiger partial charge in [0.05, 0.1) is 0 Å². The van der Waals surface area contributed by atoms with Crippen LogP contribution in [0.2, 0.25) is 0 Å². The second-order valence-corrected chi connectivity index (χ2v) is 8.22. The first-order chi connectivity index (χ1) is 15.4. The number of oxazole rings is 1. The molecular formula is C27H28N2O3. The number of carbonyl (C=O) groups excluding carboxylic acids is 1. The zero-order valence-corrected chi connectivity index (χ0v) is 18.9. The molecule has 0 saturated heterocycles. The van der Waals surface area contributed by atoms with E-state index in [0.29, 0.717) is 23.2 Å². The summed E-state index contributed by atoms with van der Waals surface area (Å²) in [5, 5.41) is 2.88. The lowest BCUT2D eigenvalue weighted by atomic mass is 9.99. The normalized spacial score (nSPS) is 12.0. The molecule has 0 fully saturated rings. The van der Waals surface area contributed by atoms with Crippen LogP contribution in [0.1, 0.15) is 42.9 Å². The molecule has 0 bridgehead atoms. The fourth-order valence-corrected chi connectivity index (χ4v) is 3.51. The summed E-state index contributed by atoms with van der Waals surface area (Å²) < 4.78 is 11.6. The van der Waals surface area contributed by atoms with Crippen molar-refractivity contribution in [3.63, 3.8) is 0 Å². The lowest BCUT2D eigenvalue weighted by Crippen LogP contribution is -2.20. The maximum Gasteiger partial charge on any atom is 0.262 e. The Labute approximate surface area is 188 Å². The minimum Gasteiger partial charge on any atom is -0.484 e. The van der Waals surface area contributed by atoms with Gasteiger partial charge in [0.2, 0.25) is 5.89 Å². The van der Waals surface area contributed by atoms with E-state index in [1.807, 2.05) is 60.7 Å². The number of benzene rings is 3. The van der Waals surface area contributed by atoms with Crippen LogP contribution in [0.5, 0.6) is 5.75 Å². The average Bonchev–Trinajstić information content (AvgIpc) is 3.20. The number of aromatic nitrogens is 1. The number of carbonyl (C=O) groups is 1. The molecule has 1 aromatic heterocycles. The zero-order chi connectivity index (χ0) is 22.7. The minimum atomic E-state index is -0.225. The van der Waals surface area contributed by atoms with Crippen LogP contribution in [0.25, 0.3) is 22.6 Å². The molecule has 3 aromatic carbocycles. The van der Waals surface area contributed by atoms with Gasteiger partial charge in [-0.3, -0.25) is 4.79 Å². The largest absolute Gasteiger partial charge is 0.484 e. The average molecular weight is 429 g/mol. The van der Waals surface area contributed by atoms with Gasteiger partial charge < -0.3 is 14.5 Å². The lowest BCUT2D eigenvalue weighted by Gasteiger charge is -2.11. The number of fused-ring (bicyclic) bond motifs is 1. The predicted octanol–water partition coefficient (Wildman–Crippen LogP) is 6.64. The molecule has 0 radical (unpaired) electrons. The SMILES string of the molecule is CCC(C)c1ccc(OCC(=O)Nc2cccc(-c3nc4cc(C)c(C)cc4o3)c2)cc1. The molecule has 0 spiro atoms. The van der Waals surface area contributed by atoms with Crippen LogP contribution in [-0.2, 0) is 4.79 Å². The Morgan fingerprint density at radius 3 is 2.56 bits per heavy atom. The van der Waals surface area contributed by atoms with E-state index in [1.165, 1.54) is 11.1 Å². The number of anilines is 1.